The van der Waals surface area contributed by atoms with Crippen LogP contribution in [0.25, 0.3) is 0 Å². The van der Waals surface area contributed by atoms with Gasteiger partial charge in [0.2, 0.25) is 0 Å². The van der Waals surface area contributed by atoms with Crippen LogP contribution in [0, 0.1) is 0 Å². The van der Waals surface area contributed by atoms with E-state index in [9.17, 15) is 9.59 Å². The Morgan fingerprint density at radius 1 is 1.34 bits per heavy atom. The van der Waals surface area contributed by atoms with Crippen molar-refractivity contribution in [2.75, 3.05) is 18.2 Å². The Labute approximate surface area is 174 Å². The summed E-state index contributed by atoms with van der Waals surface area (Å²) in [7, 11) is 1.34. The molecule has 0 aliphatic carbocycles. The van der Waals surface area contributed by atoms with Gasteiger partial charge in [0.15, 0.2) is 5.16 Å². The van der Waals surface area contributed by atoms with Gasteiger partial charge in [0, 0.05) is 11.4 Å². The summed E-state index contributed by atoms with van der Waals surface area (Å²) < 4.78 is 5.02. The Hall–Kier alpha value is -2.80. The standard InChI is InChI=1S/C22H25N3O3S/c1-6-11-29-22-24-19-18(20(26)25-22)17(16(13(4)23-19)21(27)28-5)15-9-7-14(8-10-15)12(2)3/h6-10,12,17H,1,11H2,2-5H3,(H2,23,24,25,26). The predicted octanol–water partition coefficient (Wildman–Crippen LogP) is 4.18. The molecule has 2 aromatic rings. The lowest BCUT2D eigenvalue weighted by Gasteiger charge is -2.28. The van der Waals surface area contributed by atoms with Gasteiger partial charge in [-0.1, -0.05) is 56.0 Å². The lowest BCUT2D eigenvalue weighted by molar-refractivity contribution is -0.136. The fourth-order valence-corrected chi connectivity index (χ4v) is 4.02. The van der Waals surface area contributed by atoms with E-state index in [1.807, 2.05) is 24.3 Å². The SMILES string of the molecule is C=CCSc1nc2c(c(=O)[nH]1)C(c1ccc(C(C)C)cc1)C(C(=O)OC)=C(C)N2. The van der Waals surface area contributed by atoms with Gasteiger partial charge in [0.25, 0.3) is 5.56 Å². The fraction of sp³-hybridized carbons (Fsp3) is 0.318. The van der Waals surface area contributed by atoms with Crippen LogP contribution in [0.3, 0.4) is 0 Å². The lowest BCUT2D eigenvalue weighted by Crippen LogP contribution is -2.31. The topological polar surface area (TPSA) is 84.1 Å². The van der Waals surface area contributed by atoms with Crippen molar-refractivity contribution in [2.24, 2.45) is 0 Å². The number of carbonyl (C=O) groups is 1. The number of fused-ring (bicyclic) bond motifs is 1. The van der Waals surface area contributed by atoms with Gasteiger partial charge in [0.05, 0.1) is 24.2 Å². The molecule has 2 N–H and O–H groups in total. The molecule has 1 unspecified atom stereocenters. The zero-order valence-corrected chi connectivity index (χ0v) is 17.9. The first-order valence-electron chi connectivity index (χ1n) is 9.41. The molecule has 0 fully saturated rings. The third-order valence-corrected chi connectivity index (χ3v) is 5.77. The fourth-order valence-electron chi connectivity index (χ4n) is 3.42. The number of rotatable bonds is 6. The summed E-state index contributed by atoms with van der Waals surface area (Å²) >= 11 is 1.39. The first-order chi connectivity index (χ1) is 13.9. The molecular formula is C22H25N3O3S. The number of hydrogen-bond donors (Lipinski definition) is 2. The normalized spacial score (nSPS) is 15.7. The van der Waals surface area contributed by atoms with Gasteiger partial charge in [-0.2, -0.15) is 0 Å². The number of aromatic nitrogens is 2. The highest BCUT2D eigenvalue weighted by molar-refractivity contribution is 7.99. The number of benzene rings is 1. The summed E-state index contributed by atoms with van der Waals surface area (Å²) in [5.41, 5.74) is 3.20. The average Bonchev–Trinajstić information content (AvgIpc) is 2.70. The van der Waals surface area contributed by atoms with Crippen molar-refractivity contribution < 1.29 is 9.53 Å². The van der Waals surface area contributed by atoms with Crippen molar-refractivity contribution in [2.45, 2.75) is 37.8 Å². The number of ether oxygens (including phenoxy) is 1. The van der Waals surface area contributed by atoms with Crippen LogP contribution in [0.4, 0.5) is 5.82 Å². The van der Waals surface area contributed by atoms with Gasteiger partial charge >= 0.3 is 5.97 Å². The molecule has 1 atom stereocenters. The second kappa shape index (κ2) is 8.69. The van der Waals surface area contributed by atoms with Crippen molar-refractivity contribution in [3.8, 4) is 0 Å². The Bertz CT molecular complexity index is 1020. The number of nitrogens with zero attached hydrogens (tertiary/aromatic N) is 1. The van der Waals surface area contributed by atoms with Gasteiger partial charge in [0.1, 0.15) is 5.82 Å². The number of aromatic amines is 1. The molecule has 6 nitrogen and oxygen atoms in total. The third-order valence-electron chi connectivity index (χ3n) is 4.90. The number of H-pyrrole nitrogens is 1. The highest BCUT2D eigenvalue weighted by atomic mass is 32.2. The molecule has 0 spiro atoms. The molecule has 3 rings (SSSR count). The molecular weight excluding hydrogens is 386 g/mol. The first-order valence-corrected chi connectivity index (χ1v) is 10.4. The summed E-state index contributed by atoms with van der Waals surface area (Å²) in [6.45, 7) is 9.73. The molecule has 1 aromatic carbocycles. The molecule has 152 valence electrons. The number of allylic oxidation sites excluding steroid dienone is 1. The molecule has 2 heterocycles. The third kappa shape index (κ3) is 4.15. The molecule has 0 saturated carbocycles. The minimum absolute atomic E-state index is 0.277. The number of methoxy groups -OCH3 is 1. The Morgan fingerprint density at radius 3 is 2.62 bits per heavy atom. The van der Waals surface area contributed by atoms with E-state index in [-0.39, 0.29) is 5.56 Å². The van der Waals surface area contributed by atoms with E-state index in [4.69, 9.17) is 4.74 Å². The molecule has 0 saturated heterocycles. The van der Waals surface area contributed by atoms with E-state index in [1.54, 1.807) is 13.0 Å². The molecule has 1 aromatic heterocycles. The van der Waals surface area contributed by atoms with Gasteiger partial charge in [-0.25, -0.2) is 9.78 Å². The molecule has 1 aliphatic rings. The van der Waals surface area contributed by atoms with E-state index >= 15 is 0 Å². The summed E-state index contributed by atoms with van der Waals surface area (Å²) in [6, 6.07) is 7.99. The van der Waals surface area contributed by atoms with Gasteiger partial charge in [-0.3, -0.25) is 4.79 Å². The van der Waals surface area contributed by atoms with Crippen molar-refractivity contribution in [1.82, 2.24) is 9.97 Å². The van der Waals surface area contributed by atoms with Gasteiger partial charge in [-0.15, -0.1) is 6.58 Å². The summed E-state index contributed by atoms with van der Waals surface area (Å²) in [6.07, 6.45) is 1.75. The van der Waals surface area contributed by atoms with E-state index < -0.39 is 11.9 Å². The van der Waals surface area contributed by atoms with E-state index in [2.05, 4.69) is 35.7 Å². The summed E-state index contributed by atoms with van der Waals surface area (Å²) in [4.78, 5) is 33.0. The number of anilines is 1. The van der Waals surface area contributed by atoms with Crippen molar-refractivity contribution in [3.05, 3.63) is 75.2 Å². The van der Waals surface area contributed by atoms with Crippen LogP contribution >= 0.6 is 11.8 Å². The highest BCUT2D eigenvalue weighted by Gasteiger charge is 2.36. The van der Waals surface area contributed by atoms with E-state index in [0.29, 0.717) is 39.5 Å². The van der Waals surface area contributed by atoms with Crippen LogP contribution in [-0.2, 0) is 9.53 Å². The molecule has 0 amide bonds. The molecule has 0 bridgehead atoms. The Kier molecular flexibility index (Phi) is 6.27. The first kappa shape index (κ1) is 20.9. The second-order valence-corrected chi connectivity index (χ2v) is 8.15. The molecule has 1 aliphatic heterocycles. The highest BCUT2D eigenvalue weighted by Crippen LogP contribution is 2.40. The van der Waals surface area contributed by atoms with E-state index in [0.717, 1.165) is 5.56 Å². The summed E-state index contributed by atoms with van der Waals surface area (Å²) in [5.74, 6) is 0.446. The number of thioether (sulfide) groups is 1. The number of esters is 1. The predicted molar refractivity (Wildman–Crippen MR) is 116 cm³/mol. The van der Waals surface area contributed by atoms with Gasteiger partial charge in [-0.05, 0) is 24.0 Å². The van der Waals surface area contributed by atoms with Crippen LogP contribution in [-0.4, -0.2) is 28.8 Å². The quantitative estimate of drug-likeness (QED) is 0.321. The van der Waals surface area contributed by atoms with Crippen molar-refractivity contribution in [3.63, 3.8) is 0 Å². The van der Waals surface area contributed by atoms with Crippen LogP contribution in [0.2, 0.25) is 0 Å². The van der Waals surface area contributed by atoms with Crippen molar-refractivity contribution in [1.29, 1.82) is 0 Å². The maximum atomic E-state index is 13.0. The second-order valence-electron chi connectivity index (χ2n) is 7.14. The smallest absolute Gasteiger partial charge is 0.336 e. The van der Waals surface area contributed by atoms with Crippen LogP contribution in [0.1, 0.15) is 49.3 Å². The monoisotopic (exact) mass is 411 g/mol. The van der Waals surface area contributed by atoms with Crippen LogP contribution in [0.15, 0.2) is 58.1 Å². The molecule has 0 radical (unpaired) electrons. The number of nitrogens with one attached hydrogen (secondary N) is 2. The average molecular weight is 412 g/mol. The lowest BCUT2D eigenvalue weighted by atomic mass is 9.82. The minimum atomic E-state index is -0.561. The summed E-state index contributed by atoms with van der Waals surface area (Å²) in [5, 5.41) is 3.62. The number of carbonyl (C=O) groups excluding carboxylic acids is 1. The zero-order chi connectivity index (χ0) is 21.1. The maximum Gasteiger partial charge on any atom is 0.336 e. The van der Waals surface area contributed by atoms with Crippen LogP contribution in [0.5, 0.6) is 0 Å². The van der Waals surface area contributed by atoms with Gasteiger partial charge < -0.3 is 15.0 Å². The minimum Gasteiger partial charge on any atom is -0.466 e. The maximum absolute atomic E-state index is 13.0. The zero-order valence-electron chi connectivity index (χ0n) is 17.0. The van der Waals surface area contributed by atoms with Crippen molar-refractivity contribution >= 4 is 23.5 Å². The molecule has 7 heteroatoms. The molecule has 29 heavy (non-hydrogen) atoms. The van der Waals surface area contributed by atoms with Crippen LogP contribution < -0.4 is 10.9 Å². The largest absolute Gasteiger partial charge is 0.466 e. The Morgan fingerprint density at radius 2 is 2.03 bits per heavy atom. The van der Waals surface area contributed by atoms with E-state index in [1.165, 1.54) is 24.4 Å². The Balaban J connectivity index is 2.18. The number of hydrogen-bond acceptors (Lipinski definition) is 6.